The second-order valence-corrected chi connectivity index (χ2v) is 9.13. The number of fused-ring (bicyclic) bond motifs is 5. The lowest BCUT2D eigenvalue weighted by Gasteiger charge is -2.38. The molecule has 0 fully saturated rings. The molecule has 0 saturated carbocycles. The van der Waals surface area contributed by atoms with Gasteiger partial charge in [-0.2, -0.15) is 0 Å². The van der Waals surface area contributed by atoms with Crippen LogP contribution < -0.4 is 0 Å². The lowest BCUT2D eigenvalue weighted by Crippen LogP contribution is -2.39. The van der Waals surface area contributed by atoms with Crippen molar-refractivity contribution < 1.29 is 9.94 Å². The Morgan fingerprint density at radius 3 is 2.78 bits per heavy atom. The maximum Gasteiger partial charge on any atom is 0.142 e. The largest absolute Gasteiger partial charge is 0.506 e. The summed E-state index contributed by atoms with van der Waals surface area (Å²) < 4.78 is 0. The van der Waals surface area contributed by atoms with Crippen LogP contribution in [-0.2, 0) is 24.3 Å². The van der Waals surface area contributed by atoms with Crippen molar-refractivity contribution in [1.82, 2.24) is 4.90 Å². The summed E-state index contributed by atoms with van der Waals surface area (Å²) in [5, 5.41) is 15.1. The van der Waals surface area contributed by atoms with Crippen LogP contribution in [0.15, 0.2) is 65.8 Å². The van der Waals surface area contributed by atoms with Crippen LogP contribution in [0, 0.1) is 0 Å². The van der Waals surface area contributed by atoms with Crippen molar-refractivity contribution in [3.8, 4) is 5.75 Å². The number of benzene rings is 3. The highest BCUT2D eigenvalue weighted by molar-refractivity contribution is 6.32. The smallest absolute Gasteiger partial charge is 0.142 e. The van der Waals surface area contributed by atoms with Crippen molar-refractivity contribution in [2.45, 2.75) is 37.8 Å². The normalized spacial score (nSPS) is 20.3. The Morgan fingerprint density at radius 1 is 1.09 bits per heavy atom. The molecule has 5 heteroatoms. The van der Waals surface area contributed by atoms with Crippen LogP contribution in [-0.4, -0.2) is 35.9 Å². The van der Waals surface area contributed by atoms with E-state index in [2.05, 4.69) is 35.3 Å². The van der Waals surface area contributed by atoms with Crippen LogP contribution in [0.3, 0.4) is 0 Å². The first kappa shape index (κ1) is 21.0. The zero-order valence-electron chi connectivity index (χ0n) is 18.2. The molecule has 0 saturated heterocycles. The van der Waals surface area contributed by atoms with Gasteiger partial charge in [0.2, 0.25) is 0 Å². The molecule has 3 aromatic carbocycles. The summed E-state index contributed by atoms with van der Waals surface area (Å²) in [7, 11) is 2.21. The molecule has 2 atom stereocenters. The van der Waals surface area contributed by atoms with E-state index in [1.807, 2.05) is 48.7 Å². The van der Waals surface area contributed by atoms with Crippen molar-refractivity contribution in [2.75, 3.05) is 13.6 Å². The summed E-state index contributed by atoms with van der Waals surface area (Å²) in [6, 6.07) is 20.7. The topological polar surface area (TPSA) is 45.1 Å². The molecule has 0 aromatic heterocycles. The van der Waals surface area contributed by atoms with Crippen molar-refractivity contribution in [3.63, 3.8) is 0 Å². The second-order valence-electron chi connectivity index (χ2n) is 8.73. The molecule has 1 aliphatic carbocycles. The number of phenolic OH excluding ortho intramolecular Hbond substituents is 1. The molecule has 4 nitrogen and oxygen atoms in total. The van der Waals surface area contributed by atoms with E-state index in [9.17, 15) is 5.11 Å². The van der Waals surface area contributed by atoms with Crippen LogP contribution >= 0.6 is 11.6 Å². The van der Waals surface area contributed by atoms with Gasteiger partial charge in [0.05, 0.1) is 11.2 Å². The number of halogens is 1. The fraction of sp³-hybridized carbons (Fsp3) is 0.296. The Labute approximate surface area is 194 Å². The Morgan fingerprint density at radius 2 is 1.94 bits per heavy atom. The predicted molar refractivity (Wildman–Crippen MR) is 129 cm³/mol. The number of oxime groups is 1. The highest BCUT2D eigenvalue weighted by atomic mass is 35.5. The molecule has 164 valence electrons. The summed E-state index contributed by atoms with van der Waals surface area (Å²) in [4.78, 5) is 8.02. The van der Waals surface area contributed by atoms with E-state index >= 15 is 0 Å². The third kappa shape index (κ3) is 4.01. The second kappa shape index (κ2) is 8.97. The minimum Gasteiger partial charge on any atom is -0.506 e. The molecule has 1 heterocycles. The third-order valence-corrected chi connectivity index (χ3v) is 7.15. The van der Waals surface area contributed by atoms with Crippen LogP contribution in [0.1, 0.15) is 45.7 Å². The number of likely N-dealkylation sites (N-methyl/N-ethyl adjacent to an activating group) is 1. The highest BCUT2D eigenvalue weighted by Crippen LogP contribution is 2.45. The van der Waals surface area contributed by atoms with E-state index in [1.54, 1.807) is 0 Å². The minimum absolute atomic E-state index is 0.160. The maximum atomic E-state index is 10.4. The molecule has 0 amide bonds. The molecule has 5 rings (SSSR count). The molecule has 2 aliphatic rings. The Kier molecular flexibility index (Phi) is 5.90. The number of hydrogen-bond acceptors (Lipinski definition) is 4. The van der Waals surface area contributed by atoms with Gasteiger partial charge in [0.1, 0.15) is 12.4 Å². The minimum atomic E-state index is 0.160. The number of rotatable bonds is 4. The molecule has 0 radical (unpaired) electrons. The number of aromatic hydroxyl groups is 1. The molecular weight excluding hydrogens is 420 g/mol. The van der Waals surface area contributed by atoms with Crippen molar-refractivity contribution in [1.29, 1.82) is 0 Å². The predicted octanol–water partition coefficient (Wildman–Crippen LogP) is 5.53. The van der Waals surface area contributed by atoms with E-state index in [0.717, 1.165) is 36.9 Å². The van der Waals surface area contributed by atoms with Gasteiger partial charge in [-0.3, -0.25) is 0 Å². The Balaban J connectivity index is 1.48. The van der Waals surface area contributed by atoms with Crippen LogP contribution in [0.4, 0.5) is 0 Å². The van der Waals surface area contributed by atoms with Gasteiger partial charge in [-0.05, 0) is 71.8 Å². The van der Waals surface area contributed by atoms with Gasteiger partial charge in [0.25, 0.3) is 0 Å². The molecule has 0 spiro atoms. The summed E-state index contributed by atoms with van der Waals surface area (Å²) in [5.41, 5.74) is 7.24. The molecule has 1 N–H and O–H groups in total. The maximum absolute atomic E-state index is 10.4. The fourth-order valence-electron chi connectivity index (χ4n) is 5.21. The third-order valence-electron chi connectivity index (χ3n) is 6.84. The number of hydrogen-bond donors (Lipinski definition) is 1. The van der Waals surface area contributed by atoms with Gasteiger partial charge in [-0.25, -0.2) is 0 Å². The Hall–Kier alpha value is -2.82. The van der Waals surface area contributed by atoms with Gasteiger partial charge < -0.3 is 14.8 Å². The van der Waals surface area contributed by atoms with E-state index in [0.29, 0.717) is 17.7 Å². The van der Waals surface area contributed by atoms with Crippen LogP contribution in [0.2, 0.25) is 5.02 Å². The van der Waals surface area contributed by atoms with E-state index in [1.165, 1.54) is 22.3 Å². The molecule has 1 aliphatic heterocycles. The first-order valence-corrected chi connectivity index (χ1v) is 11.5. The first-order valence-electron chi connectivity index (χ1n) is 11.1. The molecule has 3 aromatic rings. The summed E-state index contributed by atoms with van der Waals surface area (Å²) in [5.74, 6) is 0.357. The quantitative estimate of drug-likeness (QED) is 0.423. The summed E-state index contributed by atoms with van der Waals surface area (Å²) >= 11 is 6.26. The number of phenols is 1. The SMILES string of the molecule is CN1CCc2cc(Cl)c(O)cc2[C@H]2c3cccc(/C=N/OCc4ccccc4)c3CC[C@@H]21. The molecule has 0 unspecified atom stereocenters. The van der Waals surface area contributed by atoms with Gasteiger partial charge in [-0.1, -0.05) is 65.3 Å². The molecule has 0 bridgehead atoms. The van der Waals surface area contributed by atoms with Crippen LogP contribution in [0.25, 0.3) is 0 Å². The van der Waals surface area contributed by atoms with E-state index in [4.69, 9.17) is 16.4 Å². The van der Waals surface area contributed by atoms with E-state index < -0.39 is 0 Å². The number of nitrogens with zero attached hydrogens (tertiary/aromatic N) is 2. The highest BCUT2D eigenvalue weighted by Gasteiger charge is 2.37. The monoisotopic (exact) mass is 446 g/mol. The van der Waals surface area contributed by atoms with Gasteiger partial charge >= 0.3 is 0 Å². The van der Waals surface area contributed by atoms with Crippen molar-refractivity contribution >= 4 is 17.8 Å². The average Bonchev–Trinajstić information content (AvgIpc) is 2.95. The molecule has 32 heavy (non-hydrogen) atoms. The summed E-state index contributed by atoms with van der Waals surface area (Å²) in [6.45, 7) is 1.44. The summed E-state index contributed by atoms with van der Waals surface area (Å²) in [6.07, 6.45) is 4.83. The molecular formula is C27H27ClN2O2. The van der Waals surface area contributed by atoms with Crippen molar-refractivity contribution in [2.24, 2.45) is 5.16 Å². The first-order chi connectivity index (χ1) is 15.6. The standard InChI is InChI=1S/C27H27ClN2O2/c1-30-13-12-19-14-24(28)26(31)15-23(19)27-22-9-5-8-20(21(22)10-11-25(27)30)16-29-32-17-18-6-3-2-4-7-18/h2-9,14-16,25,27,31H,10-13,17H2,1H3/b29-16+/t25-,27+/m0/s1. The van der Waals surface area contributed by atoms with Gasteiger partial charge in [0, 0.05) is 18.5 Å². The van der Waals surface area contributed by atoms with Gasteiger partial charge in [0.15, 0.2) is 0 Å². The Bertz CT molecular complexity index is 1150. The lowest BCUT2D eigenvalue weighted by atomic mass is 9.73. The van der Waals surface area contributed by atoms with Gasteiger partial charge in [-0.15, -0.1) is 0 Å². The average molecular weight is 447 g/mol. The zero-order chi connectivity index (χ0) is 22.1. The van der Waals surface area contributed by atoms with E-state index in [-0.39, 0.29) is 11.7 Å². The fourth-order valence-corrected chi connectivity index (χ4v) is 5.39. The van der Waals surface area contributed by atoms with Crippen molar-refractivity contribution in [3.05, 3.63) is 99.1 Å². The zero-order valence-corrected chi connectivity index (χ0v) is 18.9. The lowest BCUT2D eigenvalue weighted by molar-refractivity contribution is 0.132. The van der Waals surface area contributed by atoms with Crippen LogP contribution in [0.5, 0.6) is 5.75 Å².